The fourth-order valence-corrected chi connectivity index (χ4v) is 11.7. The van der Waals surface area contributed by atoms with E-state index in [1.165, 1.54) is 58.1 Å². The largest absolute Gasteiger partial charge is 0.454 e. The molecule has 0 radical (unpaired) electrons. The van der Waals surface area contributed by atoms with Crippen LogP contribution in [0.15, 0.2) is 247 Å². The minimum Gasteiger partial charge on any atom is -0.454 e. The summed E-state index contributed by atoms with van der Waals surface area (Å²) in [6, 6.07) is 87.5. The average molecular weight is 893 g/mol. The number of aromatic nitrogens is 1. The molecule has 13 rings (SSSR count). The molecule has 0 amide bonds. The highest BCUT2D eigenvalue weighted by Crippen LogP contribution is 2.43. The van der Waals surface area contributed by atoms with E-state index in [0.29, 0.717) is 0 Å². The van der Waals surface area contributed by atoms with Crippen LogP contribution in [0.5, 0.6) is 0 Å². The van der Waals surface area contributed by atoms with E-state index in [9.17, 15) is 0 Å². The quantitative estimate of drug-likeness (QED) is 0.144. The lowest BCUT2D eigenvalue weighted by molar-refractivity contribution is 0.666. The summed E-state index contributed by atoms with van der Waals surface area (Å²) in [5.41, 5.74) is 15.6. The number of hydrogen-bond acceptors (Lipinski definition) is 4. The van der Waals surface area contributed by atoms with Crippen molar-refractivity contribution in [3.8, 4) is 58.6 Å². The van der Waals surface area contributed by atoms with Gasteiger partial charge in [-0.15, -0.1) is 22.7 Å². The van der Waals surface area contributed by atoms with Gasteiger partial charge in [-0.2, -0.15) is 0 Å². The number of benzene rings is 9. The van der Waals surface area contributed by atoms with Crippen LogP contribution in [-0.4, -0.2) is 4.57 Å². The van der Waals surface area contributed by atoms with Crippen molar-refractivity contribution in [3.05, 3.63) is 243 Å². The number of furan rings is 1. The van der Waals surface area contributed by atoms with Gasteiger partial charge in [0.2, 0.25) is 0 Å². The van der Waals surface area contributed by atoms with Crippen molar-refractivity contribution in [1.82, 2.24) is 4.57 Å². The summed E-state index contributed by atoms with van der Waals surface area (Å²) >= 11 is 3.66. The normalized spacial score (nSPS) is 11.6. The lowest BCUT2D eigenvalue weighted by Gasteiger charge is -2.26. The van der Waals surface area contributed by atoms with Gasteiger partial charge in [0.05, 0.1) is 16.7 Å². The SMILES string of the molecule is c1ccc(-c2ccc(-c3ccc(N(c4ccc(-c5ccc6c(c5)c5ccccc5n6-c5cccc6c5oc5ccccc56)cc4)c4ccc(-c5ccc(-c6ccccc6)s5)cc4)cc3)s2)cc1. The Morgan fingerprint density at radius 2 is 0.761 bits per heavy atom. The van der Waals surface area contributed by atoms with Gasteiger partial charge in [-0.05, 0) is 124 Å². The molecule has 9 aromatic carbocycles. The molecule has 0 atom stereocenters. The van der Waals surface area contributed by atoms with E-state index < -0.39 is 0 Å². The summed E-state index contributed by atoms with van der Waals surface area (Å²) in [4.78, 5) is 7.41. The fraction of sp³-hybridized carbons (Fsp3) is 0. The van der Waals surface area contributed by atoms with Crippen molar-refractivity contribution in [2.75, 3.05) is 4.90 Å². The molecule has 0 saturated carbocycles. The van der Waals surface area contributed by atoms with E-state index in [2.05, 4.69) is 246 Å². The minimum atomic E-state index is 0.896. The van der Waals surface area contributed by atoms with Gasteiger partial charge in [-0.3, -0.25) is 0 Å². The van der Waals surface area contributed by atoms with Gasteiger partial charge in [0.15, 0.2) is 5.58 Å². The zero-order chi connectivity index (χ0) is 44.3. The molecule has 3 nitrogen and oxygen atoms in total. The highest BCUT2D eigenvalue weighted by molar-refractivity contribution is 7.19. The van der Waals surface area contributed by atoms with E-state index in [1.807, 2.05) is 28.7 Å². The lowest BCUT2D eigenvalue weighted by Crippen LogP contribution is -2.09. The van der Waals surface area contributed by atoms with Gasteiger partial charge >= 0.3 is 0 Å². The molecule has 316 valence electrons. The topological polar surface area (TPSA) is 21.3 Å². The summed E-state index contributed by atoms with van der Waals surface area (Å²) in [5.74, 6) is 0. The Morgan fingerprint density at radius 3 is 1.34 bits per heavy atom. The summed E-state index contributed by atoms with van der Waals surface area (Å²) < 4.78 is 8.91. The Kier molecular flexibility index (Phi) is 9.55. The van der Waals surface area contributed by atoms with Crippen molar-refractivity contribution in [2.45, 2.75) is 0 Å². The Labute approximate surface area is 396 Å². The van der Waals surface area contributed by atoms with Crippen molar-refractivity contribution in [2.24, 2.45) is 0 Å². The molecule has 0 saturated heterocycles. The first-order valence-corrected chi connectivity index (χ1v) is 24.2. The second-order valence-corrected chi connectivity index (χ2v) is 19.0. The average Bonchev–Trinajstić information content (AvgIpc) is 4.23. The van der Waals surface area contributed by atoms with Crippen molar-refractivity contribution in [3.63, 3.8) is 0 Å². The molecule has 4 heterocycles. The molecule has 0 aliphatic rings. The highest BCUT2D eigenvalue weighted by Gasteiger charge is 2.19. The third kappa shape index (κ3) is 6.95. The van der Waals surface area contributed by atoms with Crippen molar-refractivity contribution < 1.29 is 4.42 Å². The van der Waals surface area contributed by atoms with E-state index in [-0.39, 0.29) is 0 Å². The minimum absolute atomic E-state index is 0.896. The standard InChI is InChI=1S/C62H40N2OS2/c1-3-12-42(13-4-1)58-36-38-60(66-58)44-24-31-48(32-25-44)63(49-33-26-45(27-34-49)61-39-37-59(67-61)43-14-5-2-6-15-43)47-29-22-41(23-30-47)46-28-35-55-53(40-46)50-16-7-9-19-54(50)64(55)56-20-11-18-52-51-17-8-10-21-57(51)65-62(52)56/h1-40H. The second-order valence-electron chi connectivity index (χ2n) is 16.9. The van der Waals surface area contributed by atoms with Gasteiger partial charge in [0.1, 0.15) is 5.58 Å². The van der Waals surface area contributed by atoms with Crippen LogP contribution < -0.4 is 4.90 Å². The van der Waals surface area contributed by atoms with E-state index in [0.717, 1.165) is 61.3 Å². The molecule has 0 aliphatic carbocycles. The number of para-hydroxylation sites is 3. The molecule has 0 spiro atoms. The molecule has 4 aromatic heterocycles. The molecule has 0 unspecified atom stereocenters. The molecule has 0 aliphatic heterocycles. The maximum atomic E-state index is 6.55. The summed E-state index contributed by atoms with van der Waals surface area (Å²) in [7, 11) is 0. The first kappa shape index (κ1) is 39.2. The van der Waals surface area contributed by atoms with Crippen LogP contribution in [0.4, 0.5) is 17.1 Å². The van der Waals surface area contributed by atoms with E-state index >= 15 is 0 Å². The monoisotopic (exact) mass is 892 g/mol. The third-order valence-electron chi connectivity index (χ3n) is 12.9. The highest BCUT2D eigenvalue weighted by atomic mass is 32.1. The van der Waals surface area contributed by atoms with Crippen LogP contribution in [0.3, 0.4) is 0 Å². The third-order valence-corrected chi connectivity index (χ3v) is 15.3. The Bertz CT molecular complexity index is 3770. The van der Waals surface area contributed by atoms with E-state index in [4.69, 9.17) is 4.42 Å². The van der Waals surface area contributed by atoms with Gasteiger partial charge in [-0.1, -0.05) is 152 Å². The van der Waals surface area contributed by atoms with Crippen LogP contribution in [0.2, 0.25) is 0 Å². The zero-order valence-electron chi connectivity index (χ0n) is 36.2. The number of anilines is 3. The van der Waals surface area contributed by atoms with Gasteiger partial charge in [0.25, 0.3) is 0 Å². The maximum Gasteiger partial charge on any atom is 0.159 e. The molecule has 5 heteroatoms. The first-order chi connectivity index (χ1) is 33.2. The van der Waals surface area contributed by atoms with Gasteiger partial charge < -0.3 is 13.9 Å². The first-order valence-electron chi connectivity index (χ1n) is 22.6. The number of rotatable bonds is 9. The lowest BCUT2D eigenvalue weighted by atomic mass is 10.0. The van der Waals surface area contributed by atoms with Crippen molar-refractivity contribution in [1.29, 1.82) is 0 Å². The number of nitrogens with zero attached hydrogens (tertiary/aromatic N) is 2. The molecule has 0 bridgehead atoms. The van der Waals surface area contributed by atoms with E-state index in [1.54, 1.807) is 0 Å². The van der Waals surface area contributed by atoms with Crippen LogP contribution in [-0.2, 0) is 0 Å². The Hall–Kier alpha value is -8.22. The summed E-state index contributed by atoms with van der Waals surface area (Å²) in [6.45, 7) is 0. The predicted molar refractivity (Wildman–Crippen MR) is 286 cm³/mol. The van der Waals surface area contributed by atoms with Gasteiger partial charge in [-0.25, -0.2) is 0 Å². The molecular weight excluding hydrogens is 853 g/mol. The second kappa shape index (κ2) is 16.3. The summed E-state index contributed by atoms with van der Waals surface area (Å²) in [5, 5.41) is 4.66. The fourth-order valence-electron chi connectivity index (χ4n) is 9.62. The van der Waals surface area contributed by atoms with Crippen molar-refractivity contribution >= 4 is 83.5 Å². The maximum absolute atomic E-state index is 6.55. The molecular formula is C62H40N2OS2. The predicted octanol–water partition coefficient (Wildman–Crippen LogP) is 18.6. The van der Waals surface area contributed by atoms with Gasteiger partial charge in [0, 0.05) is 58.1 Å². The van der Waals surface area contributed by atoms with Crippen LogP contribution in [0.1, 0.15) is 0 Å². The number of hydrogen-bond donors (Lipinski definition) is 0. The zero-order valence-corrected chi connectivity index (χ0v) is 37.8. The molecule has 0 fully saturated rings. The smallest absolute Gasteiger partial charge is 0.159 e. The molecule has 13 aromatic rings. The molecule has 0 N–H and O–H groups in total. The number of thiophene rings is 2. The van der Waals surface area contributed by atoms with Crippen LogP contribution >= 0.6 is 22.7 Å². The Balaban J connectivity index is 0.864. The summed E-state index contributed by atoms with van der Waals surface area (Å²) in [6.07, 6.45) is 0. The number of fused-ring (bicyclic) bond motifs is 6. The van der Waals surface area contributed by atoms with Crippen LogP contribution in [0, 0.1) is 0 Å². The molecule has 67 heavy (non-hydrogen) atoms. The van der Waals surface area contributed by atoms with Crippen LogP contribution in [0.25, 0.3) is 102 Å². The Morgan fingerprint density at radius 1 is 0.313 bits per heavy atom.